The molecule has 0 bridgehead atoms. The number of morpholine rings is 1. The number of ether oxygens (including phenoxy) is 2. The van der Waals surface area contributed by atoms with Gasteiger partial charge in [0.1, 0.15) is 12.6 Å². The van der Waals surface area contributed by atoms with Crippen molar-refractivity contribution in [1.82, 2.24) is 10.2 Å². The van der Waals surface area contributed by atoms with Gasteiger partial charge in [0.05, 0.1) is 25.2 Å². The third-order valence-electron chi connectivity index (χ3n) is 6.15. The maximum atomic E-state index is 13.0. The van der Waals surface area contributed by atoms with Crippen LogP contribution in [-0.2, 0) is 19.1 Å². The number of carbonyl (C=O) groups excluding carboxylic acids is 2. The maximum Gasteiger partial charge on any atom is 0.407 e. The van der Waals surface area contributed by atoms with E-state index in [1.165, 1.54) is 4.90 Å². The first-order chi connectivity index (χ1) is 16.4. The van der Waals surface area contributed by atoms with Gasteiger partial charge in [0.25, 0.3) is 0 Å². The lowest BCUT2D eigenvalue weighted by Gasteiger charge is -2.37. The summed E-state index contributed by atoms with van der Waals surface area (Å²) < 4.78 is 11.0. The lowest BCUT2D eigenvalue weighted by Crippen LogP contribution is -2.56. The first-order valence-electron chi connectivity index (χ1n) is 11.3. The van der Waals surface area contributed by atoms with Crippen LogP contribution >= 0.6 is 0 Å². The SMILES string of the molecule is CC1CN(C(=O)C(CC(=O)O)NC(=O)OCC2c3ccccc3-c3ccccc32)CC(CO)O1. The van der Waals surface area contributed by atoms with Crippen molar-refractivity contribution < 1.29 is 34.1 Å². The number of aliphatic hydroxyl groups excluding tert-OH is 1. The summed E-state index contributed by atoms with van der Waals surface area (Å²) in [5.74, 6) is -1.93. The Labute approximate surface area is 197 Å². The van der Waals surface area contributed by atoms with Crippen LogP contribution < -0.4 is 5.32 Å². The first kappa shape index (κ1) is 23.7. The van der Waals surface area contributed by atoms with Crippen molar-refractivity contribution >= 4 is 18.0 Å². The van der Waals surface area contributed by atoms with Crippen LogP contribution in [0, 0.1) is 0 Å². The van der Waals surface area contributed by atoms with Crippen molar-refractivity contribution in [3.8, 4) is 11.1 Å². The zero-order valence-electron chi connectivity index (χ0n) is 18.8. The molecule has 3 unspecified atom stereocenters. The summed E-state index contributed by atoms with van der Waals surface area (Å²) in [5, 5.41) is 21.1. The number of fused-ring (bicyclic) bond motifs is 3. The number of benzene rings is 2. The Kier molecular flexibility index (Phi) is 7.14. The van der Waals surface area contributed by atoms with E-state index in [9.17, 15) is 24.6 Å². The van der Waals surface area contributed by atoms with Crippen LogP contribution in [0.2, 0.25) is 0 Å². The number of nitrogens with one attached hydrogen (secondary N) is 1. The van der Waals surface area contributed by atoms with Crippen molar-refractivity contribution in [2.24, 2.45) is 0 Å². The highest BCUT2D eigenvalue weighted by molar-refractivity contribution is 5.89. The summed E-state index contributed by atoms with van der Waals surface area (Å²) in [7, 11) is 0. The number of alkyl carbamates (subject to hydrolysis) is 1. The van der Waals surface area contributed by atoms with Gasteiger partial charge in [0.15, 0.2) is 0 Å². The molecule has 1 heterocycles. The molecule has 2 aromatic carbocycles. The number of amides is 2. The highest BCUT2D eigenvalue weighted by Gasteiger charge is 2.35. The van der Waals surface area contributed by atoms with E-state index in [2.05, 4.69) is 5.32 Å². The predicted octanol–water partition coefficient (Wildman–Crippen LogP) is 1.98. The number of carbonyl (C=O) groups is 3. The molecule has 9 heteroatoms. The number of aliphatic carboxylic acids is 1. The molecule has 0 spiro atoms. The summed E-state index contributed by atoms with van der Waals surface area (Å²) in [6.45, 7) is 1.89. The summed E-state index contributed by atoms with van der Waals surface area (Å²) in [6.07, 6.45) is -2.33. The second-order valence-electron chi connectivity index (χ2n) is 8.61. The summed E-state index contributed by atoms with van der Waals surface area (Å²) in [6, 6.07) is 14.5. The molecule has 1 aliphatic heterocycles. The molecule has 4 rings (SSSR count). The number of aliphatic hydroxyl groups is 1. The van der Waals surface area contributed by atoms with E-state index < -0.39 is 36.5 Å². The van der Waals surface area contributed by atoms with Gasteiger partial charge in [-0.05, 0) is 29.2 Å². The van der Waals surface area contributed by atoms with Crippen LogP contribution in [0.4, 0.5) is 4.79 Å². The second kappa shape index (κ2) is 10.2. The Morgan fingerprint density at radius 2 is 1.71 bits per heavy atom. The Hall–Kier alpha value is -3.43. The minimum atomic E-state index is -1.29. The van der Waals surface area contributed by atoms with Crippen LogP contribution in [0.15, 0.2) is 48.5 Å². The molecule has 9 nitrogen and oxygen atoms in total. The number of rotatable bonds is 7. The van der Waals surface area contributed by atoms with E-state index in [1.54, 1.807) is 6.92 Å². The standard InChI is InChI=1S/C25H28N2O7/c1-15-11-27(12-16(13-28)34-15)24(31)22(10-23(29)30)26-25(32)33-14-21-19-8-4-2-6-17(19)18-7-3-5-9-20(18)21/h2-9,15-16,21-22,28H,10-14H2,1H3,(H,26,32)(H,29,30). The van der Waals surface area contributed by atoms with Gasteiger partial charge in [0.2, 0.25) is 5.91 Å². The van der Waals surface area contributed by atoms with E-state index in [4.69, 9.17) is 9.47 Å². The second-order valence-corrected chi connectivity index (χ2v) is 8.61. The highest BCUT2D eigenvalue weighted by Crippen LogP contribution is 2.44. The molecule has 0 saturated carbocycles. The van der Waals surface area contributed by atoms with Crippen molar-refractivity contribution in [1.29, 1.82) is 0 Å². The van der Waals surface area contributed by atoms with Gasteiger partial charge >= 0.3 is 12.1 Å². The van der Waals surface area contributed by atoms with E-state index in [0.717, 1.165) is 22.3 Å². The first-order valence-corrected chi connectivity index (χ1v) is 11.3. The van der Waals surface area contributed by atoms with Crippen molar-refractivity contribution in [2.75, 3.05) is 26.3 Å². The minimum Gasteiger partial charge on any atom is -0.481 e. The Bertz CT molecular complexity index is 1030. The highest BCUT2D eigenvalue weighted by atomic mass is 16.5. The number of hydrogen-bond donors (Lipinski definition) is 3. The molecule has 0 aromatic heterocycles. The van der Waals surface area contributed by atoms with Gasteiger partial charge in [-0.1, -0.05) is 48.5 Å². The molecule has 180 valence electrons. The number of hydrogen-bond acceptors (Lipinski definition) is 6. The van der Waals surface area contributed by atoms with E-state index in [0.29, 0.717) is 0 Å². The fourth-order valence-corrected chi connectivity index (χ4v) is 4.70. The number of carboxylic acid groups (broad SMARTS) is 1. The smallest absolute Gasteiger partial charge is 0.407 e. The minimum absolute atomic E-state index is 0.0506. The fraction of sp³-hybridized carbons (Fsp3) is 0.400. The molecule has 3 atom stereocenters. The van der Waals surface area contributed by atoms with E-state index in [-0.39, 0.29) is 38.3 Å². The maximum absolute atomic E-state index is 13.0. The molecular weight excluding hydrogens is 440 g/mol. The lowest BCUT2D eigenvalue weighted by atomic mass is 9.98. The third-order valence-corrected chi connectivity index (χ3v) is 6.15. The normalized spacial score (nSPS) is 20.2. The molecule has 2 aromatic rings. The molecule has 2 aliphatic rings. The molecule has 3 N–H and O–H groups in total. The summed E-state index contributed by atoms with van der Waals surface area (Å²) in [4.78, 5) is 38.4. The number of nitrogens with zero attached hydrogens (tertiary/aromatic N) is 1. The van der Waals surface area contributed by atoms with Gasteiger partial charge in [-0.25, -0.2) is 4.79 Å². The van der Waals surface area contributed by atoms with Crippen molar-refractivity contribution in [3.05, 3.63) is 59.7 Å². The Balaban J connectivity index is 1.43. The van der Waals surface area contributed by atoms with Gasteiger partial charge in [-0.15, -0.1) is 0 Å². The van der Waals surface area contributed by atoms with E-state index >= 15 is 0 Å². The van der Waals surface area contributed by atoms with Crippen molar-refractivity contribution in [3.63, 3.8) is 0 Å². The van der Waals surface area contributed by atoms with Crippen LogP contribution in [-0.4, -0.2) is 77.6 Å². The molecule has 2 amide bonds. The molecule has 1 saturated heterocycles. The van der Waals surface area contributed by atoms with Gasteiger partial charge < -0.3 is 29.9 Å². The predicted molar refractivity (Wildman–Crippen MR) is 122 cm³/mol. The van der Waals surface area contributed by atoms with Gasteiger partial charge in [-0.2, -0.15) is 0 Å². The summed E-state index contributed by atoms with van der Waals surface area (Å²) in [5.41, 5.74) is 4.27. The third kappa shape index (κ3) is 5.05. The molecular formula is C25H28N2O7. The molecule has 0 radical (unpaired) electrons. The largest absolute Gasteiger partial charge is 0.481 e. The van der Waals surface area contributed by atoms with Crippen LogP contribution in [0.25, 0.3) is 11.1 Å². The molecule has 1 fully saturated rings. The molecule has 34 heavy (non-hydrogen) atoms. The fourth-order valence-electron chi connectivity index (χ4n) is 4.70. The average molecular weight is 469 g/mol. The monoisotopic (exact) mass is 468 g/mol. The Morgan fingerprint density at radius 3 is 2.29 bits per heavy atom. The summed E-state index contributed by atoms with van der Waals surface area (Å²) >= 11 is 0. The molecule has 1 aliphatic carbocycles. The zero-order chi connectivity index (χ0) is 24.2. The zero-order valence-corrected chi connectivity index (χ0v) is 18.8. The quantitative estimate of drug-likeness (QED) is 0.567. The Morgan fingerprint density at radius 1 is 1.09 bits per heavy atom. The lowest BCUT2D eigenvalue weighted by molar-refractivity contribution is -0.152. The van der Waals surface area contributed by atoms with Gasteiger partial charge in [-0.3, -0.25) is 9.59 Å². The number of carboxylic acids is 1. The van der Waals surface area contributed by atoms with Crippen LogP contribution in [0.3, 0.4) is 0 Å². The van der Waals surface area contributed by atoms with Crippen LogP contribution in [0.5, 0.6) is 0 Å². The van der Waals surface area contributed by atoms with Gasteiger partial charge in [0, 0.05) is 19.0 Å². The van der Waals surface area contributed by atoms with Crippen molar-refractivity contribution in [2.45, 2.75) is 37.5 Å². The topological polar surface area (TPSA) is 125 Å². The van der Waals surface area contributed by atoms with E-state index in [1.807, 2.05) is 48.5 Å². The average Bonchev–Trinajstić information content (AvgIpc) is 3.15. The van der Waals surface area contributed by atoms with Crippen LogP contribution in [0.1, 0.15) is 30.4 Å².